The Hall–Kier alpha value is -0.610. The highest BCUT2D eigenvalue weighted by molar-refractivity contribution is 5.85. The highest BCUT2D eigenvalue weighted by Crippen LogP contribution is 2.68. The average molecular weight is 541 g/mol. The predicted octanol–water partition coefficient (Wildman–Crippen LogP) is 7.57. The van der Waals surface area contributed by atoms with Crippen molar-refractivity contribution in [3.63, 3.8) is 0 Å². The molecule has 10 atom stereocenters. The first-order valence-electron chi connectivity index (χ1n) is 17.5. The number of hydrogen-bond donors (Lipinski definition) is 3. The molecule has 0 saturated heterocycles. The van der Waals surface area contributed by atoms with Crippen molar-refractivity contribution in [2.75, 3.05) is 19.6 Å². The summed E-state index contributed by atoms with van der Waals surface area (Å²) in [6.45, 7) is 15.9. The van der Waals surface area contributed by atoms with Gasteiger partial charge < -0.3 is 16.4 Å². The lowest BCUT2D eigenvalue weighted by molar-refractivity contribution is -0.118. The molecule has 10 unspecified atom stereocenters. The van der Waals surface area contributed by atoms with E-state index in [1.807, 2.05) is 0 Å². The zero-order valence-electron chi connectivity index (χ0n) is 26.4. The summed E-state index contributed by atoms with van der Waals surface area (Å²) in [5.74, 6) is 7.53. The second kappa shape index (κ2) is 12.7. The van der Waals surface area contributed by atoms with Crippen LogP contribution in [0.4, 0.5) is 0 Å². The third-order valence-electron chi connectivity index (χ3n) is 13.4. The summed E-state index contributed by atoms with van der Waals surface area (Å²) >= 11 is 0. The monoisotopic (exact) mass is 541 g/mol. The van der Waals surface area contributed by atoms with E-state index in [-0.39, 0.29) is 6.04 Å². The van der Waals surface area contributed by atoms with Gasteiger partial charge in [-0.2, -0.15) is 0 Å². The summed E-state index contributed by atoms with van der Waals surface area (Å²) in [6.07, 6.45) is 21.2. The number of nitrogens with one attached hydrogen (secondary N) is 2. The molecular weight excluding hydrogens is 476 g/mol. The topological polar surface area (TPSA) is 62.4 Å². The van der Waals surface area contributed by atoms with Crippen LogP contribution >= 0.6 is 0 Å². The summed E-state index contributed by atoms with van der Waals surface area (Å²) in [6, 6.07) is 0.993. The normalized spacial score (nSPS) is 43.2. The Balaban J connectivity index is 1.12. The molecule has 4 aliphatic carbocycles. The first kappa shape index (κ1) is 29.9. The van der Waals surface area contributed by atoms with Gasteiger partial charge in [-0.25, -0.2) is 0 Å². The van der Waals surface area contributed by atoms with Crippen molar-refractivity contribution in [3.8, 4) is 0 Å². The van der Waals surface area contributed by atoms with Gasteiger partial charge in [-0.3, -0.25) is 4.99 Å². The van der Waals surface area contributed by atoms with Gasteiger partial charge in [0.05, 0.1) is 6.04 Å². The fourth-order valence-electron chi connectivity index (χ4n) is 11.1. The van der Waals surface area contributed by atoms with Crippen molar-refractivity contribution in [1.29, 1.82) is 0 Å². The van der Waals surface area contributed by atoms with Crippen LogP contribution in [0.5, 0.6) is 0 Å². The summed E-state index contributed by atoms with van der Waals surface area (Å²) in [5.41, 5.74) is 7.42. The maximum absolute atomic E-state index is 6.20. The Morgan fingerprint density at radius 3 is 2.44 bits per heavy atom. The highest BCUT2D eigenvalue weighted by atomic mass is 15.0. The summed E-state index contributed by atoms with van der Waals surface area (Å²) in [7, 11) is 0. The van der Waals surface area contributed by atoms with Crippen LogP contribution in [0.3, 0.4) is 0 Å². The Bertz CT molecular complexity index is 823. The van der Waals surface area contributed by atoms with Crippen LogP contribution in [0, 0.1) is 52.3 Å². The number of aliphatic imine (C=N–C) groups is 1. The number of rotatable bonds is 10. The number of fused-ring (bicyclic) bond motifs is 5. The molecule has 5 aliphatic rings. The lowest BCUT2D eigenvalue weighted by Gasteiger charge is -2.61. The molecule has 224 valence electrons. The van der Waals surface area contributed by atoms with Gasteiger partial charge in [-0.05, 0) is 129 Å². The van der Waals surface area contributed by atoms with E-state index in [1.54, 1.807) is 0 Å². The lowest BCUT2D eigenvalue weighted by Crippen LogP contribution is -2.55. The van der Waals surface area contributed by atoms with E-state index in [1.165, 1.54) is 89.9 Å². The van der Waals surface area contributed by atoms with Crippen molar-refractivity contribution in [2.45, 2.75) is 143 Å². The number of hydrogen-bond acceptors (Lipinski definition) is 4. The summed E-state index contributed by atoms with van der Waals surface area (Å²) in [5, 5.41) is 7.64. The first-order chi connectivity index (χ1) is 18.7. The minimum absolute atomic E-state index is 0.287. The predicted molar refractivity (Wildman–Crippen MR) is 167 cm³/mol. The van der Waals surface area contributed by atoms with Crippen LogP contribution in [0.2, 0.25) is 0 Å². The van der Waals surface area contributed by atoms with E-state index in [2.05, 4.69) is 50.2 Å². The first-order valence-corrected chi connectivity index (χ1v) is 17.5. The smallest absolute Gasteiger partial charge is 0.111 e. The molecule has 1 aliphatic heterocycles. The van der Waals surface area contributed by atoms with E-state index in [0.29, 0.717) is 16.9 Å². The fraction of sp³-hybridized carbons (Fsp3) is 0.971. The van der Waals surface area contributed by atoms with Gasteiger partial charge in [-0.1, -0.05) is 53.9 Å². The Kier molecular flexibility index (Phi) is 9.74. The maximum Gasteiger partial charge on any atom is 0.111 e. The number of nitrogens with zero attached hydrogens (tertiary/aromatic N) is 1. The van der Waals surface area contributed by atoms with Gasteiger partial charge in [0.1, 0.15) is 5.84 Å². The van der Waals surface area contributed by atoms with Crippen molar-refractivity contribution in [3.05, 3.63) is 0 Å². The molecule has 0 aromatic carbocycles. The second-order valence-corrected chi connectivity index (χ2v) is 15.9. The van der Waals surface area contributed by atoms with Gasteiger partial charge in [0.25, 0.3) is 0 Å². The number of nitrogens with two attached hydrogens (primary N) is 1. The summed E-state index contributed by atoms with van der Waals surface area (Å²) in [4.78, 5) is 4.53. The van der Waals surface area contributed by atoms with Crippen LogP contribution in [0.25, 0.3) is 0 Å². The van der Waals surface area contributed by atoms with Crippen LogP contribution < -0.4 is 16.4 Å². The van der Waals surface area contributed by atoms with Gasteiger partial charge in [-0.15, -0.1) is 0 Å². The molecule has 0 aromatic heterocycles. The van der Waals surface area contributed by atoms with E-state index in [0.717, 1.165) is 73.3 Å². The van der Waals surface area contributed by atoms with E-state index >= 15 is 0 Å². The standard InChI is InChI=1S/C35H64N4/c1-24(2)9-8-10-25(3)29-14-15-30-28-13-12-26-23-27(16-18-34(26,4)31(28)17-19-35(29,30)5)37-21-22-38-32-11-6-7-20-39-33(32)36/h24-32,37-38H,6-23H2,1-5H3,(H2,36,39). The van der Waals surface area contributed by atoms with Crippen LogP contribution in [-0.4, -0.2) is 37.6 Å². The third kappa shape index (κ3) is 6.27. The SMILES string of the molecule is CC(C)CCCC(C)C1CCC2C3CCC4CC(NCCNC5CCCCN=C5N)CCC4(C)C3CCC12C. The molecule has 0 aromatic rings. The molecule has 4 N–H and O–H groups in total. The van der Waals surface area contributed by atoms with E-state index < -0.39 is 0 Å². The molecule has 0 amide bonds. The third-order valence-corrected chi connectivity index (χ3v) is 13.4. The molecule has 4 nitrogen and oxygen atoms in total. The molecule has 4 saturated carbocycles. The average Bonchev–Trinajstić information content (AvgIpc) is 3.13. The quantitative estimate of drug-likeness (QED) is 0.250. The van der Waals surface area contributed by atoms with Gasteiger partial charge in [0, 0.05) is 25.7 Å². The Labute approximate surface area is 241 Å². The molecule has 0 bridgehead atoms. The van der Waals surface area contributed by atoms with Crippen LogP contribution in [0.15, 0.2) is 4.99 Å². The fourth-order valence-corrected chi connectivity index (χ4v) is 11.1. The molecular formula is C35H64N4. The van der Waals surface area contributed by atoms with Crippen molar-refractivity contribution in [2.24, 2.45) is 63.0 Å². The highest BCUT2D eigenvalue weighted by Gasteiger charge is 2.60. The lowest BCUT2D eigenvalue weighted by atomic mass is 9.44. The molecule has 0 spiro atoms. The minimum atomic E-state index is 0.287. The van der Waals surface area contributed by atoms with Gasteiger partial charge in [0.15, 0.2) is 0 Å². The Morgan fingerprint density at radius 1 is 0.846 bits per heavy atom. The van der Waals surface area contributed by atoms with Crippen molar-refractivity contribution in [1.82, 2.24) is 10.6 Å². The zero-order chi connectivity index (χ0) is 27.6. The van der Waals surface area contributed by atoms with Gasteiger partial charge in [0.2, 0.25) is 0 Å². The molecule has 39 heavy (non-hydrogen) atoms. The molecule has 5 rings (SSSR count). The van der Waals surface area contributed by atoms with E-state index in [4.69, 9.17) is 5.73 Å². The second-order valence-electron chi connectivity index (χ2n) is 15.9. The summed E-state index contributed by atoms with van der Waals surface area (Å²) < 4.78 is 0. The Morgan fingerprint density at radius 2 is 1.62 bits per heavy atom. The molecule has 1 heterocycles. The van der Waals surface area contributed by atoms with Crippen LogP contribution in [0.1, 0.15) is 131 Å². The minimum Gasteiger partial charge on any atom is -0.386 e. The van der Waals surface area contributed by atoms with Gasteiger partial charge >= 0.3 is 0 Å². The van der Waals surface area contributed by atoms with Crippen LogP contribution in [-0.2, 0) is 0 Å². The largest absolute Gasteiger partial charge is 0.386 e. The van der Waals surface area contributed by atoms with E-state index in [9.17, 15) is 0 Å². The molecule has 4 fully saturated rings. The molecule has 0 radical (unpaired) electrons. The van der Waals surface area contributed by atoms with Crippen molar-refractivity contribution < 1.29 is 0 Å². The zero-order valence-corrected chi connectivity index (χ0v) is 26.4. The molecule has 4 heteroatoms. The van der Waals surface area contributed by atoms with Crippen molar-refractivity contribution >= 4 is 5.84 Å². The number of amidine groups is 1. The maximum atomic E-state index is 6.20.